The Balaban J connectivity index is 1.98. The first-order valence-electron chi connectivity index (χ1n) is 8.50. The molecule has 0 aliphatic rings. The second-order valence-electron chi connectivity index (χ2n) is 5.92. The van der Waals surface area contributed by atoms with Crippen molar-refractivity contribution in [3.63, 3.8) is 0 Å². The van der Waals surface area contributed by atoms with Gasteiger partial charge in [-0.25, -0.2) is 4.39 Å². The Morgan fingerprint density at radius 3 is 2.69 bits per heavy atom. The second kappa shape index (κ2) is 8.10. The molecule has 1 aromatic heterocycles. The van der Waals surface area contributed by atoms with Crippen LogP contribution < -0.4 is 10.7 Å². The van der Waals surface area contributed by atoms with Crippen molar-refractivity contribution >= 4 is 34.4 Å². The van der Waals surface area contributed by atoms with Crippen molar-refractivity contribution in [3.05, 3.63) is 71.2 Å². The maximum atomic E-state index is 14.1. The van der Waals surface area contributed by atoms with Crippen LogP contribution in [0.1, 0.15) is 23.7 Å². The van der Waals surface area contributed by atoms with Gasteiger partial charge in [0, 0.05) is 34.3 Å². The van der Waals surface area contributed by atoms with Gasteiger partial charge in [-0.2, -0.15) is 5.10 Å². The Hall–Kier alpha value is -2.73. The van der Waals surface area contributed by atoms with Crippen LogP contribution >= 0.6 is 12.2 Å². The molecular weight excluding hydrogens is 347 g/mol. The number of hydrogen-bond acceptors (Lipinski definition) is 2. The molecule has 0 bridgehead atoms. The highest BCUT2D eigenvalue weighted by Crippen LogP contribution is 2.26. The number of aromatic nitrogens is 1. The molecule has 0 unspecified atom stereocenters. The van der Waals surface area contributed by atoms with E-state index in [0.29, 0.717) is 17.2 Å². The van der Waals surface area contributed by atoms with Crippen molar-refractivity contribution in [2.45, 2.75) is 20.4 Å². The lowest BCUT2D eigenvalue weighted by atomic mass is 10.1. The zero-order valence-electron chi connectivity index (χ0n) is 14.8. The third-order valence-electron chi connectivity index (χ3n) is 4.26. The smallest absolute Gasteiger partial charge is 0.186 e. The summed E-state index contributed by atoms with van der Waals surface area (Å²) in [6, 6.07) is 14.9. The fourth-order valence-electron chi connectivity index (χ4n) is 2.98. The van der Waals surface area contributed by atoms with Gasteiger partial charge in [-0.1, -0.05) is 36.4 Å². The lowest BCUT2D eigenvalue weighted by molar-refractivity contribution is 0.600. The molecule has 3 aromatic rings. The van der Waals surface area contributed by atoms with Crippen molar-refractivity contribution < 1.29 is 4.39 Å². The average molecular weight is 368 g/mol. The monoisotopic (exact) mass is 368 g/mol. The van der Waals surface area contributed by atoms with Crippen LogP contribution in [0.4, 0.5) is 4.39 Å². The molecule has 0 saturated heterocycles. The Bertz CT molecular complexity index is 962. The number of para-hydroxylation sites is 1. The number of nitrogens with zero attached hydrogens (tertiary/aromatic N) is 2. The van der Waals surface area contributed by atoms with E-state index in [1.54, 1.807) is 12.3 Å². The minimum Gasteiger partial charge on any atom is -0.362 e. The summed E-state index contributed by atoms with van der Waals surface area (Å²) < 4.78 is 16.2. The van der Waals surface area contributed by atoms with E-state index in [1.165, 1.54) is 6.07 Å². The van der Waals surface area contributed by atoms with E-state index < -0.39 is 0 Å². The van der Waals surface area contributed by atoms with Crippen molar-refractivity contribution in [2.24, 2.45) is 5.10 Å². The van der Waals surface area contributed by atoms with Crippen LogP contribution in [0.15, 0.2) is 53.6 Å². The van der Waals surface area contributed by atoms with Gasteiger partial charge in [-0.05, 0) is 38.2 Å². The number of nitrogens with one attached hydrogen (secondary N) is 2. The summed E-state index contributed by atoms with van der Waals surface area (Å²) in [7, 11) is 0. The Labute approximate surface area is 157 Å². The minimum atomic E-state index is -0.197. The van der Waals surface area contributed by atoms with E-state index in [9.17, 15) is 4.39 Å². The molecule has 26 heavy (non-hydrogen) atoms. The van der Waals surface area contributed by atoms with Gasteiger partial charge in [-0.3, -0.25) is 5.43 Å². The zero-order valence-corrected chi connectivity index (χ0v) is 15.6. The molecule has 0 fully saturated rings. The highest BCUT2D eigenvalue weighted by molar-refractivity contribution is 7.80. The largest absolute Gasteiger partial charge is 0.362 e. The first-order chi connectivity index (χ1) is 12.6. The standard InChI is InChI=1S/C20H21FN4S/c1-3-22-20(26)24-23-12-17-14(2)25(19-11-7-5-9-16(17)19)13-15-8-4-6-10-18(15)21/h4-12H,3,13H2,1-2H3,(H2,22,24,26)/b23-12-. The van der Waals surface area contributed by atoms with E-state index in [0.717, 1.165) is 28.7 Å². The lowest BCUT2D eigenvalue weighted by Gasteiger charge is -2.09. The van der Waals surface area contributed by atoms with Crippen LogP contribution in [0.3, 0.4) is 0 Å². The number of fused-ring (bicyclic) bond motifs is 1. The van der Waals surface area contributed by atoms with Crippen LogP contribution in [-0.2, 0) is 6.54 Å². The van der Waals surface area contributed by atoms with E-state index in [2.05, 4.69) is 20.4 Å². The molecule has 4 nitrogen and oxygen atoms in total. The van der Waals surface area contributed by atoms with Gasteiger partial charge < -0.3 is 9.88 Å². The van der Waals surface area contributed by atoms with Gasteiger partial charge >= 0.3 is 0 Å². The quantitative estimate of drug-likeness (QED) is 0.407. The van der Waals surface area contributed by atoms with Gasteiger partial charge in [0.15, 0.2) is 5.11 Å². The molecule has 1 heterocycles. The van der Waals surface area contributed by atoms with Gasteiger partial charge in [0.25, 0.3) is 0 Å². The molecule has 0 atom stereocenters. The second-order valence-corrected chi connectivity index (χ2v) is 6.33. The summed E-state index contributed by atoms with van der Waals surface area (Å²) in [6.45, 7) is 5.20. The Kier molecular flexibility index (Phi) is 5.63. The normalized spacial score (nSPS) is 11.2. The molecule has 0 spiro atoms. The number of thiocarbonyl (C=S) groups is 1. The van der Waals surface area contributed by atoms with E-state index in [-0.39, 0.29) is 5.82 Å². The number of benzene rings is 2. The summed E-state index contributed by atoms with van der Waals surface area (Å²) in [5.41, 5.74) is 6.53. The first-order valence-corrected chi connectivity index (χ1v) is 8.90. The first kappa shape index (κ1) is 18.1. The predicted molar refractivity (Wildman–Crippen MR) is 109 cm³/mol. The fourth-order valence-corrected chi connectivity index (χ4v) is 3.17. The number of hydrazone groups is 1. The molecule has 0 radical (unpaired) electrons. The summed E-state index contributed by atoms with van der Waals surface area (Å²) in [5.74, 6) is -0.197. The number of hydrogen-bond donors (Lipinski definition) is 2. The van der Waals surface area contributed by atoms with Crippen LogP contribution in [-0.4, -0.2) is 22.4 Å². The highest BCUT2D eigenvalue weighted by Gasteiger charge is 2.13. The Morgan fingerprint density at radius 1 is 1.19 bits per heavy atom. The van der Waals surface area contributed by atoms with Gasteiger partial charge in [0.1, 0.15) is 5.82 Å². The van der Waals surface area contributed by atoms with Crippen LogP contribution in [0.25, 0.3) is 10.9 Å². The fraction of sp³-hybridized carbons (Fsp3) is 0.200. The van der Waals surface area contributed by atoms with Crippen molar-refractivity contribution in [3.8, 4) is 0 Å². The summed E-state index contributed by atoms with van der Waals surface area (Å²) >= 11 is 5.12. The third kappa shape index (κ3) is 3.75. The molecule has 2 N–H and O–H groups in total. The van der Waals surface area contributed by atoms with E-state index in [4.69, 9.17) is 12.2 Å². The number of halogens is 1. The van der Waals surface area contributed by atoms with Gasteiger partial charge in [0.05, 0.1) is 12.8 Å². The molecule has 2 aromatic carbocycles. The van der Waals surface area contributed by atoms with Crippen molar-refractivity contribution in [1.82, 2.24) is 15.3 Å². The van der Waals surface area contributed by atoms with Gasteiger partial charge in [-0.15, -0.1) is 0 Å². The Morgan fingerprint density at radius 2 is 1.92 bits per heavy atom. The summed E-state index contributed by atoms with van der Waals surface area (Å²) in [6.07, 6.45) is 1.76. The lowest BCUT2D eigenvalue weighted by Crippen LogP contribution is -2.31. The summed E-state index contributed by atoms with van der Waals surface area (Å²) in [4.78, 5) is 0. The maximum Gasteiger partial charge on any atom is 0.186 e. The van der Waals surface area contributed by atoms with Crippen molar-refractivity contribution in [1.29, 1.82) is 0 Å². The molecule has 0 amide bonds. The molecule has 3 rings (SSSR count). The highest BCUT2D eigenvalue weighted by atomic mass is 32.1. The maximum absolute atomic E-state index is 14.1. The molecule has 0 saturated carbocycles. The number of rotatable bonds is 5. The van der Waals surface area contributed by atoms with Crippen LogP contribution in [0.2, 0.25) is 0 Å². The van der Waals surface area contributed by atoms with E-state index >= 15 is 0 Å². The van der Waals surface area contributed by atoms with Crippen LogP contribution in [0, 0.1) is 12.7 Å². The van der Waals surface area contributed by atoms with E-state index in [1.807, 2.05) is 50.2 Å². The molecule has 6 heteroatoms. The minimum absolute atomic E-state index is 0.197. The molecule has 0 aliphatic carbocycles. The summed E-state index contributed by atoms with van der Waals surface area (Å²) in [5, 5.41) is 8.78. The van der Waals surface area contributed by atoms with Crippen LogP contribution in [0.5, 0.6) is 0 Å². The average Bonchev–Trinajstić information content (AvgIpc) is 2.90. The zero-order chi connectivity index (χ0) is 18.5. The molecule has 134 valence electrons. The molecule has 0 aliphatic heterocycles. The molecular formula is C20H21FN4S. The SMILES string of the molecule is CCNC(=S)N/N=C\c1c(C)n(Cc2ccccc2F)c2ccccc12. The van der Waals surface area contributed by atoms with Gasteiger partial charge in [0.2, 0.25) is 0 Å². The predicted octanol–water partition coefficient (Wildman–Crippen LogP) is 3.96. The van der Waals surface area contributed by atoms with Crippen molar-refractivity contribution in [2.75, 3.05) is 6.54 Å². The topological polar surface area (TPSA) is 41.4 Å². The third-order valence-corrected chi connectivity index (χ3v) is 4.50.